The zero-order valence-corrected chi connectivity index (χ0v) is 25.4. The van der Waals surface area contributed by atoms with Crippen molar-refractivity contribution in [3.8, 4) is 0 Å². The minimum atomic E-state index is -0.107. The fourth-order valence-electron chi connectivity index (χ4n) is 5.66. The molecule has 2 aromatic carbocycles. The van der Waals surface area contributed by atoms with E-state index in [1.165, 1.54) is 24.0 Å². The summed E-state index contributed by atoms with van der Waals surface area (Å²) in [4.78, 5) is 29.0. The molecule has 1 amide bonds. The topological polar surface area (TPSA) is 75.9 Å². The van der Waals surface area contributed by atoms with E-state index in [4.69, 9.17) is 4.98 Å². The quantitative estimate of drug-likeness (QED) is 0.205. The zero-order valence-electron chi connectivity index (χ0n) is 25.4. The lowest BCUT2D eigenvalue weighted by Crippen LogP contribution is -2.23. The molecule has 3 aromatic heterocycles. The molecule has 0 saturated carbocycles. The van der Waals surface area contributed by atoms with Crippen molar-refractivity contribution >= 4 is 28.6 Å². The van der Waals surface area contributed by atoms with Crippen molar-refractivity contribution in [1.82, 2.24) is 29.7 Å². The van der Waals surface area contributed by atoms with Gasteiger partial charge in [0.2, 0.25) is 0 Å². The summed E-state index contributed by atoms with van der Waals surface area (Å²) in [7, 11) is 0. The second-order valence-electron chi connectivity index (χ2n) is 11.4. The van der Waals surface area contributed by atoms with Crippen LogP contribution in [-0.2, 0) is 6.54 Å². The van der Waals surface area contributed by atoms with Crippen LogP contribution in [0.2, 0.25) is 0 Å². The third-order valence-corrected chi connectivity index (χ3v) is 8.13. The monoisotopic (exact) mass is 582 g/mol. The van der Waals surface area contributed by atoms with Gasteiger partial charge in [0.1, 0.15) is 11.3 Å². The van der Waals surface area contributed by atoms with Crippen molar-refractivity contribution in [2.24, 2.45) is 0 Å². The number of imidazole rings is 1. The number of fused-ring (bicyclic) bond motifs is 1. The Kier molecular flexibility index (Phi) is 9.03. The molecule has 44 heavy (non-hydrogen) atoms. The van der Waals surface area contributed by atoms with Crippen LogP contribution in [0.1, 0.15) is 57.1 Å². The lowest BCUT2D eigenvalue weighted by Gasteiger charge is -2.14. The Morgan fingerprint density at radius 2 is 1.68 bits per heavy atom. The first-order valence-electron chi connectivity index (χ1n) is 15.3. The number of benzene rings is 2. The normalized spacial score (nSPS) is 14.1. The van der Waals surface area contributed by atoms with Crippen molar-refractivity contribution in [2.45, 2.75) is 33.2 Å². The number of hydrogen-bond acceptors (Lipinski definition) is 5. The molecule has 0 unspecified atom stereocenters. The lowest BCUT2D eigenvalue weighted by molar-refractivity contribution is 0.0958. The van der Waals surface area contributed by atoms with E-state index in [9.17, 15) is 4.79 Å². The molecule has 1 saturated heterocycles. The van der Waals surface area contributed by atoms with Gasteiger partial charge in [0, 0.05) is 37.0 Å². The Hall–Kier alpha value is -4.88. The summed E-state index contributed by atoms with van der Waals surface area (Å²) >= 11 is 0. The number of pyridine rings is 2. The highest BCUT2D eigenvalue weighted by atomic mass is 16.1. The van der Waals surface area contributed by atoms with Crippen LogP contribution in [0.25, 0.3) is 22.7 Å². The van der Waals surface area contributed by atoms with E-state index in [1.807, 2.05) is 61.5 Å². The average molecular weight is 583 g/mol. The maximum Gasteiger partial charge on any atom is 0.251 e. The molecular formula is C37H38N6O. The highest BCUT2D eigenvalue weighted by Crippen LogP contribution is 2.24. The fraction of sp³-hybridized carbons (Fsp3) is 0.243. The van der Waals surface area contributed by atoms with Crippen LogP contribution in [-0.4, -0.2) is 56.5 Å². The van der Waals surface area contributed by atoms with Gasteiger partial charge in [-0.3, -0.25) is 14.7 Å². The smallest absolute Gasteiger partial charge is 0.251 e. The Morgan fingerprint density at radius 3 is 2.48 bits per heavy atom. The van der Waals surface area contributed by atoms with Crippen molar-refractivity contribution in [2.75, 3.05) is 26.2 Å². The van der Waals surface area contributed by atoms with Crippen LogP contribution in [0.3, 0.4) is 0 Å². The third-order valence-electron chi connectivity index (χ3n) is 8.13. The van der Waals surface area contributed by atoms with Crippen LogP contribution in [0.5, 0.6) is 0 Å². The van der Waals surface area contributed by atoms with Crippen molar-refractivity contribution in [3.63, 3.8) is 0 Å². The molecule has 1 N–H and O–H groups in total. The molecule has 1 fully saturated rings. The molecule has 7 heteroatoms. The first-order chi connectivity index (χ1) is 21.5. The molecule has 0 aliphatic carbocycles. The van der Waals surface area contributed by atoms with Crippen molar-refractivity contribution < 1.29 is 4.79 Å². The van der Waals surface area contributed by atoms with E-state index in [0.717, 1.165) is 59.0 Å². The van der Waals surface area contributed by atoms with Crippen LogP contribution in [0.4, 0.5) is 0 Å². The van der Waals surface area contributed by atoms with Gasteiger partial charge in [-0.25, -0.2) is 9.97 Å². The predicted octanol–water partition coefficient (Wildman–Crippen LogP) is 6.46. The highest BCUT2D eigenvalue weighted by molar-refractivity contribution is 5.94. The molecule has 0 radical (unpaired) electrons. The molecule has 4 heterocycles. The molecule has 0 spiro atoms. The van der Waals surface area contributed by atoms with E-state index in [-0.39, 0.29) is 5.91 Å². The van der Waals surface area contributed by atoms with Gasteiger partial charge in [0.15, 0.2) is 0 Å². The number of hydrogen-bond donors (Lipinski definition) is 1. The Labute approximate surface area is 259 Å². The van der Waals surface area contributed by atoms with Gasteiger partial charge in [-0.15, -0.1) is 0 Å². The molecule has 222 valence electrons. The van der Waals surface area contributed by atoms with Crippen LogP contribution < -0.4 is 5.32 Å². The minimum absolute atomic E-state index is 0.107. The number of aryl methyl sites for hydroxylation is 2. The largest absolute Gasteiger partial charge is 0.349 e. The maximum atomic E-state index is 12.8. The van der Waals surface area contributed by atoms with Crippen LogP contribution in [0.15, 0.2) is 97.3 Å². The Morgan fingerprint density at radius 1 is 0.909 bits per heavy atom. The summed E-state index contributed by atoms with van der Waals surface area (Å²) < 4.78 is 2.16. The number of amides is 1. The molecule has 6 rings (SSSR count). The van der Waals surface area contributed by atoms with Gasteiger partial charge in [0.05, 0.1) is 23.1 Å². The lowest BCUT2D eigenvalue weighted by atomic mass is 10.00. The van der Waals surface area contributed by atoms with Crippen LogP contribution in [0, 0.1) is 13.8 Å². The number of aromatic nitrogens is 4. The highest BCUT2D eigenvalue weighted by Gasteiger charge is 2.13. The van der Waals surface area contributed by atoms with Gasteiger partial charge >= 0.3 is 0 Å². The zero-order chi connectivity index (χ0) is 30.3. The summed E-state index contributed by atoms with van der Waals surface area (Å²) in [6.45, 7) is 8.44. The van der Waals surface area contributed by atoms with Gasteiger partial charge in [0.25, 0.3) is 5.91 Å². The van der Waals surface area contributed by atoms with Gasteiger partial charge in [-0.05, 0) is 87.3 Å². The van der Waals surface area contributed by atoms with Gasteiger partial charge in [-0.1, -0.05) is 60.2 Å². The molecule has 0 bridgehead atoms. The minimum Gasteiger partial charge on any atom is -0.349 e. The Balaban J connectivity index is 1.08. The van der Waals surface area contributed by atoms with Crippen molar-refractivity contribution in [1.29, 1.82) is 0 Å². The van der Waals surface area contributed by atoms with E-state index in [0.29, 0.717) is 18.7 Å². The SMILES string of the molecule is Cc1ccc(/C(=C\CN2CCCC2)c2cccc(/C=C/CNC(=O)c3ccc(Cn4c(C)nc5cnccc54)cc3)n2)cc1. The summed E-state index contributed by atoms with van der Waals surface area (Å²) in [5.41, 5.74) is 9.05. The number of carbonyl (C=O) groups is 1. The molecule has 1 aliphatic heterocycles. The fourth-order valence-corrected chi connectivity index (χ4v) is 5.66. The molecule has 1 aliphatic rings. The standard InChI is InChI=1S/C37H38N6O/c1-27-10-14-30(15-11-27)33(19-24-42-22-3-4-23-42)34-9-5-7-32(41-34)8-6-20-39-37(44)31-16-12-29(13-17-31)26-43-28(2)40-35-25-38-21-18-36(35)43/h5-19,21,25H,3-4,20,22-24,26H2,1-2H3,(H,39,44)/b8-6+,33-19+. The van der Waals surface area contributed by atoms with E-state index < -0.39 is 0 Å². The second kappa shape index (κ2) is 13.6. The number of rotatable bonds is 10. The second-order valence-corrected chi connectivity index (χ2v) is 11.4. The summed E-state index contributed by atoms with van der Waals surface area (Å²) in [5.74, 6) is 0.829. The van der Waals surface area contributed by atoms with Crippen molar-refractivity contribution in [3.05, 3.63) is 137 Å². The number of carbonyl (C=O) groups excluding carboxylic acids is 1. The van der Waals surface area contributed by atoms with E-state index >= 15 is 0 Å². The molecule has 7 nitrogen and oxygen atoms in total. The summed E-state index contributed by atoms with van der Waals surface area (Å²) in [6.07, 6.45) is 12.3. The predicted molar refractivity (Wildman–Crippen MR) is 177 cm³/mol. The van der Waals surface area contributed by atoms with Gasteiger partial charge in [-0.2, -0.15) is 0 Å². The molecule has 0 atom stereocenters. The van der Waals surface area contributed by atoms with Gasteiger partial charge < -0.3 is 9.88 Å². The number of nitrogens with one attached hydrogen (secondary N) is 1. The van der Waals surface area contributed by atoms with Crippen LogP contribution >= 0.6 is 0 Å². The van der Waals surface area contributed by atoms with E-state index in [1.54, 1.807) is 12.4 Å². The average Bonchev–Trinajstić information content (AvgIpc) is 3.68. The summed E-state index contributed by atoms with van der Waals surface area (Å²) in [5, 5.41) is 3.00. The first-order valence-corrected chi connectivity index (χ1v) is 15.3. The third kappa shape index (κ3) is 7.01. The van der Waals surface area contributed by atoms with E-state index in [2.05, 4.69) is 68.1 Å². The molecular weight excluding hydrogens is 544 g/mol. The Bertz CT molecular complexity index is 1790. The summed E-state index contributed by atoms with van der Waals surface area (Å²) in [6, 6.07) is 24.5. The maximum absolute atomic E-state index is 12.8. The molecule has 5 aromatic rings. The number of likely N-dealkylation sites (tertiary alicyclic amines) is 1. The number of nitrogens with zero attached hydrogens (tertiary/aromatic N) is 5. The first kappa shape index (κ1) is 29.2.